The minimum atomic E-state index is -1.19. The van der Waals surface area contributed by atoms with Gasteiger partial charge in [-0.2, -0.15) is 0 Å². The fourth-order valence-corrected chi connectivity index (χ4v) is 3.50. The highest BCUT2D eigenvalue weighted by Crippen LogP contribution is 2.44. The first-order valence-electron chi connectivity index (χ1n) is 8.51. The number of hydrogen-bond acceptors (Lipinski definition) is 9. The fourth-order valence-electron chi connectivity index (χ4n) is 3.50. The van der Waals surface area contributed by atoms with Crippen molar-refractivity contribution in [3.63, 3.8) is 0 Å². The lowest BCUT2D eigenvalue weighted by Crippen LogP contribution is -2.30. The van der Waals surface area contributed by atoms with Gasteiger partial charge in [0.05, 0.1) is 11.5 Å². The number of phenolic OH excluding ortho intramolecular Hbond substituents is 5. The quantitative estimate of drug-likeness (QED) is 0.299. The van der Waals surface area contributed by atoms with Crippen molar-refractivity contribution in [3.8, 4) is 40.2 Å². The van der Waals surface area contributed by atoms with Crippen LogP contribution in [0.4, 0.5) is 0 Å². The minimum Gasteiger partial charge on any atom is -0.508 e. The zero-order valence-electron chi connectivity index (χ0n) is 14.7. The Morgan fingerprint density at radius 2 is 1.55 bits per heavy atom. The van der Waals surface area contributed by atoms with Gasteiger partial charge in [0.15, 0.2) is 17.2 Å². The average Bonchev–Trinajstić information content (AvgIpc) is 2.77. The van der Waals surface area contributed by atoms with Crippen molar-refractivity contribution in [3.05, 3.63) is 51.7 Å². The monoisotopic (exact) mass is 400 g/mol. The number of rotatable bonds is 1. The molecule has 1 aliphatic rings. The van der Waals surface area contributed by atoms with Crippen LogP contribution in [-0.2, 0) is 6.42 Å². The van der Waals surface area contributed by atoms with Gasteiger partial charge in [-0.15, -0.1) is 0 Å². The molecule has 0 fully saturated rings. The Morgan fingerprint density at radius 3 is 2.28 bits per heavy atom. The molecule has 3 aromatic carbocycles. The summed E-state index contributed by atoms with van der Waals surface area (Å²) in [5.74, 6) is -3.67. The lowest BCUT2D eigenvalue weighted by molar-refractivity contribution is 0.0198. The summed E-state index contributed by atoms with van der Waals surface area (Å²) in [6.07, 6.45) is -2.34. The molecule has 0 amide bonds. The summed E-state index contributed by atoms with van der Waals surface area (Å²) in [6.45, 7) is 0. The molecule has 4 rings (SSSR count). The summed E-state index contributed by atoms with van der Waals surface area (Å²) >= 11 is 0. The maximum atomic E-state index is 12.4. The highest BCUT2D eigenvalue weighted by molar-refractivity contribution is 5.93. The van der Waals surface area contributed by atoms with Crippen molar-refractivity contribution in [2.45, 2.75) is 18.6 Å². The number of aliphatic hydroxyl groups is 1. The number of benzene rings is 2. The molecule has 1 aliphatic heterocycles. The van der Waals surface area contributed by atoms with Crippen LogP contribution in [-0.4, -0.2) is 41.8 Å². The number of aromatic hydroxyl groups is 6. The molecule has 0 bridgehead atoms. The van der Waals surface area contributed by atoms with Crippen LogP contribution in [0.3, 0.4) is 0 Å². The van der Waals surface area contributed by atoms with Crippen LogP contribution in [0.5, 0.6) is 40.2 Å². The first-order chi connectivity index (χ1) is 13.7. The van der Waals surface area contributed by atoms with Crippen molar-refractivity contribution < 1.29 is 40.5 Å². The van der Waals surface area contributed by atoms with Gasteiger partial charge in [0, 0.05) is 24.1 Å². The van der Waals surface area contributed by atoms with Gasteiger partial charge in [0.1, 0.15) is 23.4 Å². The van der Waals surface area contributed by atoms with Crippen LogP contribution < -0.4 is 10.2 Å². The van der Waals surface area contributed by atoms with E-state index in [-0.39, 0.29) is 40.2 Å². The molecule has 7 N–H and O–H groups in total. The van der Waals surface area contributed by atoms with Crippen LogP contribution in [0.15, 0.2) is 35.1 Å². The van der Waals surface area contributed by atoms with E-state index in [0.717, 1.165) is 18.2 Å². The Hall–Kier alpha value is -3.85. The molecule has 1 heterocycles. The minimum absolute atomic E-state index is 0.0153. The molecule has 0 aromatic heterocycles. The van der Waals surface area contributed by atoms with Crippen molar-refractivity contribution in [2.24, 2.45) is 0 Å². The maximum Gasteiger partial charge on any atom is 0.231 e. The van der Waals surface area contributed by atoms with Crippen LogP contribution in [0.25, 0.3) is 10.8 Å². The van der Waals surface area contributed by atoms with Gasteiger partial charge in [-0.3, -0.25) is 4.79 Å². The van der Waals surface area contributed by atoms with Crippen LogP contribution >= 0.6 is 0 Å². The highest BCUT2D eigenvalue weighted by atomic mass is 16.5. The predicted octanol–water partition coefficient (Wildman–Crippen LogP) is 1.47. The van der Waals surface area contributed by atoms with Gasteiger partial charge in [-0.05, 0) is 29.1 Å². The lowest BCUT2D eigenvalue weighted by Gasteiger charge is -2.31. The standard InChI is InChI=1S/C20H16O9/c21-9-4-11(22)10-6-14(25)20(29-15(10)5-9)8-1-7-2-13(24)18(27)19(28)16(7)17(26)12(23)3-8/h1-5,14,20-22,24-25,27-28H,6H2,(H,23,26)/t14-,20-/m1/s1. The van der Waals surface area contributed by atoms with E-state index in [0.29, 0.717) is 0 Å². The number of hydrogen-bond donors (Lipinski definition) is 7. The van der Waals surface area contributed by atoms with E-state index in [9.17, 15) is 40.5 Å². The zero-order valence-corrected chi connectivity index (χ0v) is 14.7. The topological polar surface area (TPSA) is 168 Å². The molecule has 2 atom stereocenters. The van der Waals surface area contributed by atoms with E-state index in [1.165, 1.54) is 12.1 Å². The Bertz CT molecular complexity index is 1220. The predicted molar refractivity (Wildman–Crippen MR) is 99.7 cm³/mol. The molecule has 9 heteroatoms. The second-order valence-corrected chi connectivity index (χ2v) is 6.81. The summed E-state index contributed by atoms with van der Waals surface area (Å²) in [7, 11) is 0. The second-order valence-electron chi connectivity index (χ2n) is 6.81. The summed E-state index contributed by atoms with van der Waals surface area (Å²) < 4.78 is 5.70. The van der Waals surface area contributed by atoms with Crippen LogP contribution in [0.1, 0.15) is 17.2 Å². The van der Waals surface area contributed by atoms with Gasteiger partial charge < -0.3 is 40.5 Å². The summed E-state index contributed by atoms with van der Waals surface area (Å²) in [5.41, 5.74) is -0.592. The average molecular weight is 400 g/mol. The third kappa shape index (κ3) is 2.88. The van der Waals surface area contributed by atoms with Crippen molar-refractivity contribution in [1.82, 2.24) is 0 Å². The van der Waals surface area contributed by atoms with Gasteiger partial charge in [-0.25, -0.2) is 0 Å². The summed E-state index contributed by atoms with van der Waals surface area (Å²) in [4.78, 5) is 12.4. The summed E-state index contributed by atoms with van der Waals surface area (Å²) in [5, 5.41) is 69.4. The Morgan fingerprint density at radius 1 is 0.828 bits per heavy atom. The van der Waals surface area contributed by atoms with Crippen LogP contribution in [0, 0.1) is 0 Å². The van der Waals surface area contributed by atoms with E-state index in [2.05, 4.69) is 0 Å². The molecule has 0 saturated carbocycles. The third-order valence-corrected chi connectivity index (χ3v) is 4.89. The number of phenols is 5. The number of fused-ring (bicyclic) bond motifs is 2. The van der Waals surface area contributed by atoms with E-state index in [1.807, 2.05) is 0 Å². The maximum absolute atomic E-state index is 12.4. The zero-order chi connectivity index (χ0) is 21.0. The molecule has 150 valence electrons. The molecule has 0 aliphatic carbocycles. The van der Waals surface area contributed by atoms with E-state index in [4.69, 9.17) is 4.74 Å². The van der Waals surface area contributed by atoms with E-state index < -0.39 is 46.0 Å². The second kappa shape index (κ2) is 6.35. The summed E-state index contributed by atoms with van der Waals surface area (Å²) in [6, 6.07) is 5.73. The van der Waals surface area contributed by atoms with Crippen LogP contribution in [0.2, 0.25) is 0 Å². The molecule has 0 radical (unpaired) electrons. The molecule has 3 aromatic rings. The van der Waals surface area contributed by atoms with Gasteiger partial charge >= 0.3 is 0 Å². The Labute approximate surface area is 162 Å². The third-order valence-electron chi connectivity index (χ3n) is 4.89. The Balaban J connectivity index is 1.94. The first-order valence-corrected chi connectivity index (χ1v) is 8.51. The molecular weight excluding hydrogens is 384 g/mol. The molecule has 0 unspecified atom stereocenters. The smallest absolute Gasteiger partial charge is 0.231 e. The normalized spacial score (nSPS) is 18.2. The number of ether oxygens (including phenoxy) is 1. The molecule has 29 heavy (non-hydrogen) atoms. The lowest BCUT2D eigenvalue weighted by atomic mass is 9.94. The molecule has 0 spiro atoms. The fraction of sp³-hybridized carbons (Fsp3) is 0.150. The van der Waals surface area contributed by atoms with Crippen molar-refractivity contribution >= 4 is 10.8 Å². The van der Waals surface area contributed by atoms with E-state index in [1.54, 1.807) is 0 Å². The van der Waals surface area contributed by atoms with Gasteiger partial charge in [0.25, 0.3) is 0 Å². The molecule has 9 nitrogen and oxygen atoms in total. The Kier molecular flexibility index (Phi) is 4.05. The number of aliphatic hydroxyl groups excluding tert-OH is 1. The first kappa shape index (κ1) is 18.5. The van der Waals surface area contributed by atoms with Gasteiger partial charge in [0.2, 0.25) is 11.2 Å². The molecular formula is C20H16O9. The van der Waals surface area contributed by atoms with E-state index >= 15 is 0 Å². The van der Waals surface area contributed by atoms with Gasteiger partial charge in [-0.1, -0.05) is 0 Å². The SMILES string of the molecule is O=c1c(O)cc([C@H]2Oc3cc(O)cc(O)c3C[C@H]2O)cc2cc(O)c(O)c(O)c12. The largest absolute Gasteiger partial charge is 0.508 e. The molecule has 0 saturated heterocycles. The van der Waals surface area contributed by atoms with Crippen molar-refractivity contribution in [2.75, 3.05) is 0 Å². The van der Waals surface area contributed by atoms with Crippen molar-refractivity contribution in [1.29, 1.82) is 0 Å². The highest BCUT2D eigenvalue weighted by Gasteiger charge is 2.32.